The predicted molar refractivity (Wildman–Crippen MR) is 92.9 cm³/mol. The molecule has 0 amide bonds. The third kappa shape index (κ3) is 6.43. The van der Waals surface area contributed by atoms with Crippen molar-refractivity contribution < 1.29 is 0 Å². The summed E-state index contributed by atoms with van der Waals surface area (Å²) in [6.07, 6.45) is 9.89. The van der Waals surface area contributed by atoms with E-state index in [1.807, 2.05) is 0 Å². The van der Waals surface area contributed by atoms with Crippen molar-refractivity contribution in [1.82, 2.24) is 14.9 Å². The largest absolute Gasteiger partial charge is 0.309 e. The Kier molecular flexibility index (Phi) is 9.85. The lowest BCUT2D eigenvalue weighted by Gasteiger charge is -2.23. The molecule has 3 nitrogen and oxygen atoms in total. The van der Waals surface area contributed by atoms with E-state index in [1.165, 1.54) is 49.1 Å². The van der Waals surface area contributed by atoms with E-state index in [0.29, 0.717) is 6.04 Å². The fraction of sp³-hybridized carbons (Fsp3) is 0.882. The first kappa shape index (κ1) is 18.6. The summed E-state index contributed by atoms with van der Waals surface area (Å²) in [5.74, 6) is 0.816. The van der Waals surface area contributed by atoms with Crippen LogP contribution in [0.3, 0.4) is 0 Å². The highest BCUT2D eigenvalue weighted by molar-refractivity contribution is 7.05. The van der Waals surface area contributed by atoms with Gasteiger partial charge >= 0.3 is 0 Å². The summed E-state index contributed by atoms with van der Waals surface area (Å²) in [6, 6.07) is 0.452. The Labute approximate surface area is 135 Å². The van der Waals surface area contributed by atoms with Crippen LogP contribution in [0.5, 0.6) is 0 Å². The molecule has 0 fully saturated rings. The second-order valence-electron chi connectivity index (χ2n) is 5.99. The van der Waals surface area contributed by atoms with E-state index in [4.69, 9.17) is 0 Å². The zero-order chi connectivity index (χ0) is 15.5. The first-order chi connectivity index (χ1) is 10.3. The van der Waals surface area contributed by atoms with Gasteiger partial charge in [-0.05, 0) is 43.3 Å². The maximum atomic E-state index is 4.36. The molecule has 0 aliphatic carbocycles. The van der Waals surface area contributed by atoms with Gasteiger partial charge in [0.1, 0.15) is 0 Å². The Hall–Kier alpha value is -0.480. The van der Waals surface area contributed by atoms with Crippen molar-refractivity contribution in [3.05, 3.63) is 10.6 Å². The number of aryl methyl sites for hydroxylation is 1. The molecule has 0 aliphatic rings. The molecule has 0 saturated carbocycles. The Balaban J connectivity index is 2.75. The lowest BCUT2D eigenvalue weighted by Crippen LogP contribution is -2.24. The zero-order valence-electron chi connectivity index (χ0n) is 14.3. The molecular weight excluding hydrogens is 278 g/mol. The summed E-state index contributed by atoms with van der Waals surface area (Å²) in [5, 5.41) is 8.10. The molecule has 1 N–H and O–H groups in total. The van der Waals surface area contributed by atoms with Crippen LogP contribution in [0.2, 0.25) is 0 Å². The zero-order valence-corrected chi connectivity index (χ0v) is 15.1. The fourth-order valence-electron chi connectivity index (χ4n) is 2.81. The standard InChI is InChI=1S/C17H33N3S/c1-5-9-11-14(8-4)13-16(18-12-7-3)17-15(10-6-2)19-20-21-17/h14,16,18H,5-13H2,1-4H3. The molecule has 1 aromatic heterocycles. The monoisotopic (exact) mass is 311 g/mol. The van der Waals surface area contributed by atoms with Crippen LogP contribution in [-0.4, -0.2) is 16.1 Å². The molecule has 2 atom stereocenters. The highest BCUT2D eigenvalue weighted by Crippen LogP contribution is 2.30. The van der Waals surface area contributed by atoms with Crippen molar-refractivity contribution in [1.29, 1.82) is 0 Å². The second-order valence-corrected chi connectivity index (χ2v) is 6.78. The molecule has 0 bridgehead atoms. The predicted octanol–water partition coefficient (Wildman–Crippen LogP) is 5.14. The number of nitrogens with one attached hydrogen (secondary N) is 1. The Morgan fingerprint density at radius 1 is 1.10 bits per heavy atom. The number of aromatic nitrogens is 2. The molecule has 0 spiro atoms. The van der Waals surface area contributed by atoms with E-state index in [2.05, 4.69) is 42.6 Å². The second kappa shape index (κ2) is 11.1. The van der Waals surface area contributed by atoms with E-state index < -0.39 is 0 Å². The van der Waals surface area contributed by atoms with Crippen LogP contribution in [0, 0.1) is 5.92 Å². The van der Waals surface area contributed by atoms with Gasteiger partial charge in [-0.1, -0.05) is 64.3 Å². The first-order valence-corrected chi connectivity index (χ1v) is 9.58. The molecule has 0 saturated heterocycles. The minimum atomic E-state index is 0.452. The fourth-order valence-corrected chi connectivity index (χ4v) is 3.59. The van der Waals surface area contributed by atoms with Gasteiger partial charge in [0.15, 0.2) is 0 Å². The van der Waals surface area contributed by atoms with Gasteiger partial charge < -0.3 is 5.32 Å². The maximum absolute atomic E-state index is 4.36. The number of hydrogen-bond acceptors (Lipinski definition) is 4. The number of rotatable bonds is 12. The van der Waals surface area contributed by atoms with Crippen LogP contribution in [0.1, 0.15) is 89.3 Å². The van der Waals surface area contributed by atoms with Crippen molar-refractivity contribution in [2.75, 3.05) is 6.54 Å². The van der Waals surface area contributed by atoms with E-state index in [9.17, 15) is 0 Å². The van der Waals surface area contributed by atoms with Crippen LogP contribution in [0.15, 0.2) is 0 Å². The molecule has 2 unspecified atom stereocenters. The van der Waals surface area contributed by atoms with Crippen molar-refractivity contribution >= 4 is 11.5 Å². The first-order valence-electron chi connectivity index (χ1n) is 8.81. The minimum absolute atomic E-state index is 0.452. The van der Waals surface area contributed by atoms with Crippen LogP contribution >= 0.6 is 11.5 Å². The normalized spacial score (nSPS) is 14.3. The number of hydrogen-bond donors (Lipinski definition) is 1. The van der Waals surface area contributed by atoms with E-state index in [-0.39, 0.29) is 0 Å². The van der Waals surface area contributed by atoms with E-state index in [1.54, 1.807) is 11.5 Å². The molecule has 1 heterocycles. The van der Waals surface area contributed by atoms with Gasteiger partial charge in [0.05, 0.1) is 10.6 Å². The van der Waals surface area contributed by atoms with Crippen LogP contribution in [0.25, 0.3) is 0 Å². The quantitative estimate of drug-likeness (QED) is 0.581. The topological polar surface area (TPSA) is 37.8 Å². The molecule has 1 aromatic rings. The van der Waals surface area contributed by atoms with Crippen LogP contribution < -0.4 is 5.32 Å². The Morgan fingerprint density at radius 3 is 2.52 bits per heavy atom. The van der Waals surface area contributed by atoms with Gasteiger partial charge in [-0.2, -0.15) is 0 Å². The highest BCUT2D eigenvalue weighted by atomic mass is 32.1. The van der Waals surface area contributed by atoms with Gasteiger partial charge in [0.2, 0.25) is 0 Å². The lowest BCUT2D eigenvalue weighted by molar-refractivity contribution is 0.355. The molecule has 0 aliphatic heterocycles. The minimum Gasteiger partial charge on any atom is -0.309 e. The molecule has 21 heavy (non-hydrogen) atoms. The van der Waals surface area contributed by atoms with Crippen molar-refractivity contribution in [2.24, 2.45) is 5.92 Å². The van der Waals surface area contributed by atoms with Gasteiger partial charge in [0, 0.05) is 6.04 Å². The van der Waals surface area contributed by atoms with Crippen molar-refractivity contribution in [2.45, 2.75) is 85.1 Å². The average molecular weight is 312 g/mol. The van der Waals surface area contributed by atoms with Gasteiger partial charge in [-0.25, -0.2) is 0 Å². The summed E-state index contributed by atoms with van der Waals surface area (Å²) < 4.78 is 4.22. The molecule has 122 valence electrons. The Bertz CT molecular complexity index is 365. The third-order valence-electron chi connectivity index (χ3n) is 4.14. The summed E-state index contributed by atoms with van der Waals surface area (Å²) in [5.41, 5.74) is 1.22. The van der Waals surface area contributed by atoms with E-state index >= 15 is 0 Å². The summed E-state index contributed by atoms with van der Waals surface area (Å²) in [7, 11) is 0. The molecule has 0 radical (unpaired) electrons. The molecule has 4 heteroatoms. The maximum Gasteiger partial charge on any atom is 0.0803 e. The lowest BCUT2D eigenvalue weighted by atomic mass is 9.91. The smallest absolute Gasteiger partial charge is 0.0803 e. The summed E-state index contributed by atoms with van der Waals surface area (Å²) >= 11 is 1.60. The number of nitrogens with zero attached hydrogens (tertiary/aromatic N) is 2. The van der Waals surface area contributed by atoms with Crippen LogP contribution in [-0.2, 0) is 6.42 Å². The molecule has 0 aromatic carbocycles. The summed E-state index contributed by atoms with van der Waals surface area (Å²) in [6.45, 7) is 10.1. The van der Waals surface area contributed by atoms with Crippen molar-refractivity contribution in [3.63, 3.8) is 0 Å². The number of unbranched alkanes of at least 4 members (excludes halogenated alkanes) is 1. The SMILES string of the molecule is CCCCC(CC)CC(NCCC)c1snnc1CCC. The van der Waals surface area contributed by atoms with Gasteiger partial charge in [-0.3, -0.25) is 0 Å². The third-order valence-corrected chi connectivity index (χ3v) is 5.02. The van der Waals surface area contributed by atoms with E-state index in [0.717, 1.165) is 25.3 Å². The average Bonchev–Trinajstić information content (AvgIpc) is 2.95. The van der Waals surface area contributed by atoms with Crippen molar-refractivity contribution in [3.8, 4) is 0 Å². The Morgan fingerprint density at radius 2 is 1.90 bits per heavy atom. The highest BCUT2D eigenvalue weighted by Gasteiger charge is 2.21. The van der Waals surface area contributed by atoms with Gasteiger partial charge in [0.25, 0.3) is 0 Å². The molecular formula is C17H33N3S. The van der Waals surface area contributed by atoms with Crippen LogP contribution in [0.4, 0.5) is 0 Å². The van der Waals surface area contributed by atoms with Gasteiger partial charge in [-0.15, -0.1) is 5.10 Å². The summed E-state index contributed by atoms with van der Waals surface area (Å²) in [4.78, 5) is 1.39. The molecule has 1 rings (SSSR count).